The first kappa shape index (κ1) is 26.9. The van der Waals surface area contributed by atoms with Crippen LogP contribution in [0.3, 0.4) is 0 Å². The van der Waals surface area contributed by atoms with Crippen molar-refractivity contribution in [3.8, 4) is 11.5 Å². The minimum absolute atomic E-state index is 0.0141. The number of imide groups is 2. The Hall–Kier alpha value is -3.18. The summed E-state index contributed by atoms with van der Waals surface area (Å²) >= 11 is 18.7. The second-order valence-corrected chi connectivity index (χ2v) is 10.1. The number of benzene rings is 3. The van der Waals surface area contributed by atoms with Crippen molar-refractivity contribution in [3.05, 3.63) is 90.3 Å². The van der Waals surface area contributed by atoms with Crippen molar-refractivity contribution >= 4 is 90.6 Å². The molecule has 0 bridgehead atoms. The number of ether oxygens (including phenoxy) is 2. The van der Waals surface area contributed by atoms with E-state index in [0.29, 0.717) is 19.7 Å². The molecule has 188 valence electrons. The third-order valence-electron chi connectivity index (χ3n) is 5.12. The Labute approximate surface area is 237 Å². The van der Waals surface area contributed by atoms with E-state index in [1.165, 1.54) is 43.5 Å². The van der Waals surface area contributed by atoms with Crippen LogP contribution in [0.5, 0.6) is 11.5 Å². The standard InChI is InChI=1S/C25H14Br2Cl2N2O6/c1-36-16-5-3-15(4-6-16)31-23(33)18(22(32)30-25(31)35)9-12-8-13(26)10-19(27)21(12)37-24(34)17-7-2-14(28)11-20(17)29/h2-11H,1H3,(H,30,32,35)/b18-9-. The summed E-state index contributed by atoms with van der Waals surface area (Å²) in [7, 11) is 1.48. The summed E-state index contributed by atoms with van der Waals surface area (Å²) in [6, 6.07) is 12.7. The van der Waals surface area contributed by atoms with Crippen LogP contribution in [0.2, 0.25) is 10.0 Å². The number of hydrogen-bond acceptors (Lipinski definition) is 6. The van der Waals surface area contributed by atoms with Gasteiger partial charge in [0, 0.05) is 15.1 Å². The molecule has 0 aliphatic carbocycles. The van der Waals surface area contributed by atoms with E-state index in [1.54, 1.807) is 24.3 Å². The van der Waals surface area contributed by atoms with E-state index in [0.717, 1.165) is 4.90 Å². The van der Waals surface area contributed by atoms with Gasteiger partial charge >= 0.3 is 12.0 Å². The molecule has 0 aromatic heterocycles. The summed E-state index contributed by atoms with van der Waals surface area (Å²) in [6.07, 6.45) is 1.22. The van der Waals surface area contributed by atoms with E-state index in [4.69, 9.17) is 32.7 Å². The van der Waals surface area contributed by atoms with Crippen LogP contribution in [0.15, 0.2) is 69.1 Å². The molecule has 1 aliphatic rings. The average Bonchev–Trinajstić information content (AvgIpc) is 2.84. The van der Waals surface area contributed by atoms with Gasteiger partial charge in [0.25, 0.3) is 11.8 Å². The molecule has 12 heteroatoms. The lowest BCUT2D eigenvalue weighted by atomic mass is 10.1. The minimum Gasteiger partial charge on any atom is -0.497 e. The van der Waals surface area contributed by atoms with Crippen LogP contribution in [0, 0.1) is 0 Å². The molecule has 0 spiro atoms. The number of hydrogen-bond donors (Lipinski definition) is 1. The Morgan fingerprint density at radius 2 is 1.70 bits per heavy atom. The molecule has 4 rings (SSSR count). The quantitative estimate of drug-likeness (QED) is 0.146. The smallest absolute Gasteiger partial charge is 0.345 e. The maximum atomic E-state index is 13.3. The van der Waals surface area contributed by atoms with E-state index in [9.17, 15) is 19.2 Å². The first-order chi connectivity index (χ1) is 17.6. The van der Waals surface area contributed by atoms with Crippen LogP contribution >= 0.6 is 55.1 Å². The van der Waals surface area contributed by atoms with Gasteiger partial charge in [0.2, 0.25) is 0 Å². The Morgan fingerprint density at radius 1 is 1.00 bits per heavy atom. The topological polar surface area (TPSA) is 102 Å². The number of amides is 4. The van der Waals surface area contributed by atoms with Crippen molar-refractivity contribution in [2.75, 3.05) is 12.0 Å². The lowest BCUT2D eigenvalue weighted by Gasteiger charge is -2.26. The third-order valence-corrected chi connectivity index (χ3v) is 6.71. The number of barbiturate groups is 1. The second kappa shape index (κ2) is 11.1. The van der Waals surface area contributed by atoms with Crippen LogP contribution in [0.4, 0.5) is 10.5 Å². The molecule has 0 radical (unpaired) electrons. The van der Waals surface area contributed by atoms with Crippen LogP contribution in [-0.4, -0.2) is 30.9 Å². The first-order valence-corrected chi connectivity index (χ1v) is 12.6. The number of anilines is 1. The molecule has 0 atom stereocenters. The fraction of sp³-hybridized carbons (Fsp3) is 0.0400. The number of nitrogens with one attached hydrogen (secondary N) is 1. The van der Waals surface area contributed by atoms with Gasteiger partial charge < -0.3 is 9.47 Å². The molecule has 3 aromatic rings. The summed E-state index contributed by atoms with van der Waals surface area (Å²) in [6.45, 7) is 0. The van der Waals surface area contributed by atoms with Gasteiger partial charge in [-0.3, -0.25) is 14.9 Å². The zero-order valence-electron chi connectivity index (χ0n) is 18.7. The highest BCUT2D eigenvalue weighted by molar-refractivity contribution is 9.11. The van der Waals surface area contributed by atoms with Crippen LogP contribution < -0.4 is 19.7 Å². The highest BCUT2D eigenvalue weighted by atomic mass is 79.9. The molecule has 0 unspecified atom stereocenters. The van der Waals surface area contributed by atoms with Gasteiger partial charge in [-0.25, -0.2) is 14.5 Å². The number of methoxy groups -OCH3 is 1. The highest BCUT2D eigenvalue weighted by Crippen LogP contribution is 2.36. The SMILES string of the molecule is COc1ccc(N2C(=O)NC(=O)/C(=C/c3cc(Br)cc(Br)c3OC(=O)c3ccc(Cl)cc3Cl)C2=O)cc1. The maximum Gasteiger partial charge on any atom is 0.345 e. The fourth-order valence-corrected chi connectivity index (χ4v) is 5.20. The van der Waals surface area contributed by atoms with Crippen molar-refractivity contribution in [1.82, 2.24) is 5.32 Å². The molecule has 37 heavy (non-hydrogen) atoms. The van der Waals surface area contributed by atoms with Crippen molar-refractivity contribution in [3.63, 3.8) is 0 Å². The van der Waals surface area contributed by atoms with E-state index in [1.807, 2.05) is 0 Å². The molecular formula is C25H14Br2Cl2N2O6. The normalized spacial score (nSPS) is 14.6. The molecule has 3 aromatic carbocycles. The first-order valence-electron chi connectivity index (χ1n) is 10.3. The molecule has 1 aliphatic heterocycles. The molecule has 1 heterocycles. The zero-order valence-corrected chi connectivity index (χ0v) is 23.4. The van der Waals surface area contributed by atoms with Crippen molar-refractivity contribution < 1.29 is 28.7 Å². The third kappa shape index (κ3) is 5.72. The number of rotatable bonds is 5. The highest BCUT2D eigenvalue weighted by Gasteiger charge is 2.37. The van der Waals surface area contributed by atoms with Gasteiger partial charge in [0.1, 0.15) is 11.3 Å². The Bertz CT molecular complexity index is 1490. The summed E-state index contributed by atoms with van der Waals surface area (Å²) in [5.41, 5.74) is 0.118. The maximum absolute atomic E-state index is 13.3. The average molecular weight is 669 g/mol. The monoisotopic (exact) mass is 666 g/mol. The van der Waals surface area contributed by atoms with Crippen LogP contribution in [-0.2, 0) is 9.59 Å². The predicted molar refractivity (Wildman–Crippen MR) is 145 cm³/mol. The van der Waals surface area contributed by atoms with Crippen molar-refractivity contribution in [1.29, 1.82) is 0 Å². The Kier molecular flexibility index (Phi) is 8.03. The number of esters is 1. The summed E-state index contributed by atoms with van der Waals surface area (Å²) in [4.78, 5) is 52.2. The van der Waals surface area contributed by atoms with Crippen molar-refractivity contribution in [2.24, 2.45) is 0 Å². The second-order valence-electron chi connectivity index (χ2n) is 7.48. The summed E-state index contributed by atoms with van der Waals surface area (Å²) < 4.78 is 11.6. The molecule has 1 saturated heterocycles. The molecule has 1 N–H and O–H groups in total. The Morgan fingerprint density at radius 3 is 2.35 bits per heavy atom. The summed E-state index contributed by atoms with van der Waals surface area (Å²) in [5.74, 6) is -2.03. The van der Waals surface area contributed by atoms with Crippen LogP contribution in [0.1, 0.15) is 15.9 Å². The number of urea groups is 1. The van der Waals surface area contributed by atoms with Gasteiger partial charge in [-0.1, -0.05) is 39.1 Å². The molecule has 8 nitrogen and oxygen atoms in total. The molecule has 0 saturated carbocycles. The van der Waals surface area contributed by atoms with E-state index < -0.39 is 23.8 Å². The van der Waals surface area contributed by atoms with E-state index in [-0.39, 0.29) is 33.2 Å². The van der Waals surface area contributed by atoms with Gasteiger partial charge in [0.15, 0.2) is 5.75 Å². The van der Waals surface area contributed by atoms with Crippen molar-refractivity contribution in [2.45, 2.75) is 0 Å². The fourth-order valence-electron chi connectivity index (χ4n) is 3.38. The van der Waals surface area contributed by atoms with E-state index >= 15 is 0 Å². The predicted octanol–water partition coefficient (Wildman–Crippen LogP) is 6.41. The molecular weight excluding hydrogens is 655 g/mol. The van der Waals surface area contributed by atoms with Gasteiger partial charge in [0.05, 0.1) is 27.9 Å². The number of halogens is 4. The summed E-state index contributed by atoms with van der Waals surface area (Å²) in [5, 5.41) is 2.58. The van der Waals surface area contributed by atoms with Gasteiger partial charge in [-0.2, -0.15) is 0 Å². The minimum atomic E-state index is -0.908. The largest absolute Gasteiger partial charge is 0.497 e. The lowest BCUT2D eigenvalue weighted by molar-refractivity contribution is -0.122. The molecule has 1 fully saturated rings. The number of nitrogens with zero attached hydrogens (tertiary/aromatic N) is 1. The van der Waals surface area contributed by atoms with Gasteiger partial charge in [-0.15, -0.1) is 0 Å². The van der Waals surface area contributed by atoms with Crippen LogP contribution in [0.25, 0.3) is 6.08 Å². The lowest BCUT2D eigenvalue weighted by Crippen LogP contribution is -2.54. The van der Waals surface area contributed by atoms with Gasteiger partial charge in [-0.05, 0) is 76.6 Å². The number of carbonyl (C=O) groups excluding carboxylic acids is 4. The number of carbonyl (C=O) groups is 4. The van der Waals surface area contributed by atoms with E-state index in [2.05, 4.69) is 37.2 Å². The Balaban J connectivity index is 1.74. The zero-order chi connectivity index (χ0) is 26.9. The molecule has 4 amide bonds.